The van der Waals surface area contributed by atoms with Crippen molar-refractivity contribution < 1.29 is 54.5 Å². The smallest absolute Gasteiger partial charge is 0.446 e. The molecule has 3 aromatic carbocycles. The molecule has 0 spiro atoms. The standard InChI is InChI=1S/C34H34F2N4O10S/c1-46-30-19-23-26(20-31(30)48-14-2-11-40-12-15-47-16-13-40)37-10-7-27(23)49-28-6-4-22(18-24(28)36)38-32(41)34(8-9-34)33(42)39-25-5-3-21(35)17-29(25)50-51(43,44)45/h3-7,10,17-20H,2,8-9,11-16H2,1H3,(H,38,41)(H,39,42)(H,43,44,45). The van der Waals surface area contributed by atoms with Gasteiger partial charge < -0.3 is 33.8 Å². The SMILES string of the molecule is COc1cc2c(Oc3ccc(NC(=O)C4(C(=O)Nc5ccc(F)cc5OS(=O)(=O)O)CC4)cc3F)ccnc2cc1OCCCN1CCOCC1. The number of hydrogen-bond donors (Lipinski definition) is 3. The number of ether oxygens (including phenoxy) is 4. The third kappa shape index (κ3) is 8.62. The highest BCUT2D eigenvalue weighted by Crippen LogP contribution is 2.48. The zero-order valence-corrected chi connectivity index (χ0v) is 28.1. The minimum Gasteiger partial charge on any atom is -0.493 e. The molecule has 1 saturated heterocycles. The molecule has 2 aliphatic rings. The summed E-state index contributed by atoms with van der Waals surface area (Å²) in [5, 5.41) is 5.41. The van der Waals surface area contributed by atoms with E-state index in [1.54, 1.807) is 18.2 Å². The summed E-state index contributed by atoms with van der Waals surface area (Å²) in [6.07, 6.45) is 2.59. The number of benzene rings is 3. The maximum Gasteiger partial charge on any atom is 0.446 e. The number of methoxy groups -OCH3 is 1. The minimum atomic E-state index is -5.04. The number of amides is 2. The Morgan fingerprint density at radius 3 is 2.41 bits per heavy atom. The number of pyridine rings is 1. The van der Waals surface area contributed by atoms with Crippen molar-refractivity contribution in [2.75, 3.05) is 57.2 Å². The number of halogens is 2. The Hall–Kier alpha value is -5.10. The van der Waals surface area contributed by atoms with Crippen LogP contribution in [0.15, 0.2) is 60.8 Å². The molecule has 1 saturated carbocycles. The zero-order valence-electron chi connectivity index (χ0n) is 27.3. The van der Waals surface area contributed by atoms with E-state index in [4.69, 9.17) is 23.5 Å². The summed E-state index contributed by atoms with van der Waals surface area (Å²) >= 11 is 0. The van der Waals surface area contributed by atoms with E-state index in [1.165, 1.54) is 25.4 Å². The van der Waals surface area contributed by atoms with E-state index in [0.29, 0.717) is 40.8 Å². The number of nitrogens with one attached hydrogen (secondary N) is 2. The van der Waals surface area contributed by atoms with Gasteiger partial charge in [-0.25, -0.2) is 8.78 Å². The van der Waals surface area contributed by atoms with Gasteiger partial charge >= 0.3 is 10.4 Å². The van der Waals surface area contributed by atoms with E-state index in [9.17, 15) is 22.4 Å². The summed E-state index contributed by atoms with van der Waals surface area (Å²) in [5.74, 6) is -2.89. The summed E-state index contributed by atoms with van der Waals surface area (Å²) < 4.78 is 87.6. The third-order valence-electron chi connectivity index (χ3n) is 8.38. The number of aromatic nitrogens is 1. The third-order valence-corrected chi connectivity index (χ3v) is 8.77. The largest absolute Gasteiger partial charge is 0.493 e. The Morgan fingerprint density at radius 1 is 0.941 bits per heavy atom. The molecule has 2 amide bonds. The Morgan fingerprint density at radius 2 is 1.71 bits per heavy atom. The molecule has 0 radical (unpaired) electrons. The summed E-state index contributed by atoms with van der Waals surface area (Å²) in [4.78, 5) is 33.0. The van der Waals surface area contributed by atoms with E-state index in [0.717, 1.165) is 57.5 Å². The molecule has 2 fully saturated rings. The molecule has 3 N–H and O–H groups in total. The number of carbonyl (C=O) groups excluding carboxylic acids is 2. The summed E-state index contributed by atoms with van der Waals surface area (Å²) in [6.45, 7) is 4.60. The van der Waals surface area contributed by atoms with E-state index in [1.807, 2.05) is 0 Å². The second kappa shape index (κ2) is 15.0. The number of morpholine rings is 1. The first kappa shape index (κ1) is 35.7. The Kier molecular flexibility index (Phi) is 10.5. The fourth-order valence-electron chi connectivity index (χ4n) is 5.52. The van der Waals surface area contributed by atoms with Gasteiger partial charge in [0.15, 0.2) is 28.8 Å². The highest BCUT2D eigenvalue weighted by molar-refractivity contribution is 7.81. The Bertz CT molecular complexity index is 2060. The first-order valence-corrected chi connectivity index (χ1v) is 17.3. The van der Waals surface area contributed by atoms with Crippen molar-refractivity contribution >= 4 is 44.5 Å². The predicted octanol–water partition coefficient (Wildman–Crippen LogP) is 4.95. The van der Waals surface area contributed by atoms with Gasteiger partial charge in [0.05, 0.1) is 38.1 Å². The van der Waals surface area contributed by atoms with Crippen LogP contribution in [-0.4, -0.2) is 81.2 Å². The molecule has 17 heteroatoms. The fourth-order valence-corrected chi connectivity index (χ4v) is 5.89. The van der Waals surface area contributed by atoms with E-state index < -0.39 is 45.0 Å². The van der Waals surface area contributed by atoms with Gasteiger partial charge in [-0.2, -0.15) is 8.42 Å². The molecule has 0 atom stereocenters. The van der Waals surface area contributed by atoms with Crippen molar-refractivity contribution in [2.24, 2.45) is 5.41 Å². The van der Waals surface area contributed by atoms with Crippen LogP contribution in [0.3, 0.4) is 0 Å². The molecule has 1 aromatic heterocycles. The highest BCUT2D eigenvalue weighted by Gasteiger charge is 2.56. The van der Waals surface area contributed by atoms with Crippen LogP contribution < -0.4 is 29.0 Å². The predicted molar refractivity (Wildman–Crippen MR) is 180 cm³/mol. The fraction of sp³-hybridized carbons (Fsp3) is 0.324. The lowest BCUT2D eigenvalue weighted by Gasteiger charge is -2.26. The number of nitrogens with zero attached hydrogens (tertiary/aromatic N) is 2. The van der Waals surface area contributed by atoms with Crippen molar-refractivity contribution in [3.8, 4) is 28.7 Å². The molecule has 6 rings (SSSR count). The molecule has 1 aliphatic heterocycles. The molecule has 51 heavy (non-hydrogen) atoms. The first-order valence-electron chi connectivity index (χ1n) is 15.9. The van der Waals surface area contributed by atoms with E-state index in [-0.39, 0.29) is 30.0 Å². The van der Waals surface area contributed by atoms with Gasteiger partial charge in [0.2, 0.25) is 11.8 Å². The maximum atomic E-state index is 15.3. The van der Waals surface area contributed by atoms with Crippen LogP contribution in [-0.2, 0) is 24.7 Å². The van der Waals surface area contributed by atoms with Crippen molar-refractivity contribution in [3.63, 3.8) is 0 Å². The van der Waals surface area contributed by atoms with Crippen molar-refractivity contribution in [1.82, 2.24) is 9.88 Å². The lowest BCUT2D eigenvalue weighted by atomic mass is 10.0. The molecule has 0 unspecified atom stereocenters. The average molecular weight is 729 g/mol. The summed E-state index contributed by atoms with van der Waals surface area (Å²) in [6, 6.07) is 11.3. The highest BCUT2D eigenvalue weighted by atomic mass is 32.3. The first-order chi connectivity index (χ1) is 24.4. The van der Waals surface area contributed by atoms with E-state index in [2.05, 4.69) is 24.7 Å². The Labute approximate surface area is 291 Å². The van der Waals surface area contributed by atoms with Crippen molar-refractivity contribution in [3.05, 3.63) is 72.4 Å². The topological polar surface area (TPSA) is 175 Å². The van der Waals surface area contributed by atoms with E-state index >= 15 is 4.39 Å². The molecular weight excluding hydrogens is 694 g/mol. The molecule has 270 valence electrons. The van der Waals surface area contributed by atoms with Crippen LogP contribution in [0.2, 0.25) is 0 Å². The Balaban J connectivity index is 1.11. The molecule has 14 nitrogen and oxygen atoms in total. The normalized spacial score (nSPS) is 15.5. The van der Waals surface area contributed by atoms with Crippen LogP contribution in [0.5, 0.6) is 28.7 Å². The molecule has 4 aromatic rings. The maximum absolute atomic E-state index is 15.3. The van der Waals surface area contributed by atoms with Gasteiger partial charge in [0.25, 0.3) is 0 Å². The van der Waals surface area contributed by atoms with Crippen LogP contribution in [0.1, 0.15) is 19.3 Å². The number of hydrogen-bond acceptors (Lipinski definition) is 11. The second-order valence-electron chi connectivity index (χ2n) is 11.9. The molecule has 2 heterocycles. The number of fused-ring (bicyclic) bond motifs is 1. The van der Waals surface area contributed by atoms with Gasteiger partial charge in [-0.05, 0) is 55.7 Å². The summed E-state index contributed by atoms with van der Waals surface area (Å²) in [7, 11) is -3.53. The lowest BCUT2D eigenvalue weighted by Crippen LogP contribution is -2.37. The zero-order chi connectivity index (χ0) is 36.2. The minimum absolute atomic E-state index is 0.0396. The lowest BCUT2D eigenvalue weighted by molar-refractivity contribution is -0.131. The van der Waals surface area contributed by atoms with Crippen LogP contribution >= 0.6 is 0 Å². The second-order valence-corrected chi connectivity index (χ2v) is 12.9. The van der Waals surface area contributed by atoms with Crippen LogP contribution in [0.4, 0.5) is 20.2 Å². The quantitative estimate of drug-likeness (QED) is 0.0907. The van der Waals surface area contributed by atoms with Gasteiger partial charge in [-0.3, -0.25) is 24.0 Å². The van der Waals surface area contributed by atoms with Crippen LogP contribution in [0.25, 0.3) is 10.9 Å². The van der Waals surface area contributed by atoms with Gasteiger partial charge in [0.1, 0.15) is 17.0 Å². The van der Waals surface area contributed by atoms with Gasteiger partial charge in [-0.1, -0.05) is 0 Å². The van der Waals surface area contributed by atoms with Crippen molar-refractivity contribution in [2.45, 2.75) is 19.3 Å². The number of carbonyl (C=O) groups is 2. The molecule has 0 bridgehead atoms. The number of rotatable bonds is 14. The molecule has 1 aliphatic carbocycles. The van der Waals surface area contributed by atoms with Crippen molar-refractivity contribution in [1.29, 1.82) is 0 Å². The monoisotopic (exact) mass is 728 g/mol. The van der Waals surface area contributed by atoms with Gasteiger partial charge in [-0.15, -0.1) is 0 Å². The number of anilines is 2. The average Bonchev–Trinajstić information content (AvgIpc) is 3.91. The summed E-state index contributed by atoms with van der Waals surface area (Å²) in [5.41, 5.74) is -1.30. The van der Waals surface area contributed by atoms with Gasteiger partial charge in [0, 0.05) is 55.1 Å². The van der Waals surface area contributed by atoms with Crippen LogP contribution in [0, 0.1) is 17.0 Å². The molecular formula is C34H34F2N4O10S.